The standard InChI is InChI=1S/C13H13NO2/c1-2-6-12(15)13-9-11(14-16-13)10-7-4-3-5-8-10/h3-5,7-9H,2,6H2,1H3. The van der Waals surface area contributed by atoms with E-state index in [2.05, 4.69) is 5.16 Å². The van der Waals surface area contributed by atoms with Gasteiger partial charge in [-0.3, -0.25) is 4.79 Å². The Labute approximate surface area is 94.1 Å². The summed E-state index contributed by atoms with van der Waals surface area (Å²) in [5, 5.41) is 3.89. The minimum Gasteiger partial charge on any atom is -0.352 e. The van der Waals surface area contributed by atoms with E-state index < -0.39 is 0 Å². The number of ketones is 1. The van der Waals surface area contributed by atoms with E-state index >= 15 is 0 Å². The van der Waals surface area contributed by atoms with E-state index in [9.17, 15) is 4.79 Å². The Morgan fingerprint density at radius 2 is 2.06 bits per heavy atom. The Hall–Kier alpha value is -1.90. The maximum Gasteiger partial charge on any atom is 0.203 e. The molecule has 0 bridgehead atoms. The van der Waals surface area contributed by atoms with Crippen LogP contribution in [0.5, 0.6) is 0 Å². The van der Waals surface area contributed by atoms with Gasteiger partial charge in [-0.25, -0.2) is 0 Å². The van der Waals surface area contributed by atoms with Crippen molar-refractivity contribution in [3.05, 3.63) is 42.2 Å². The summed E-state index contributed by atoms with van der Waals surface area (Å²) in [6.07, 6.45) is 1.32. The molecule has 1 heterocycles. The summed E-state index contributed by atoms with van der Waals surface area (Å²) >= 11 is 0. The highest BCUT2D eigenvalue weighted by molar-refractivity contribution is 5.94. The Bertz CT molecular complexity index is 474. The smallest absolute Gasteiger partial charge is 0.203 e. The Morgan fingerprint density at radius 1 is 1.31 bits per heavy atom. The van der Waals surface area contributed by atoms with Gasteiger partial charge >= 0.3 is 0 Å². The average Bonchev–Trinajstić information content (AvgIpc) is 2.80. The maximum absolute atomic E-state index is 11.6. The molecule has 2 rings (SSSR count). The number of nitrogens with zero attached hydrogens (tertiary/aromatic N) is 1. The molecule has 0 aliphatic rings. The first kappa shape index (κ1) is 10.6. The van der Waals surface area contributed by atoms with Crippen LogP contribution in [0.15, 0.2) is 40.9 Å². The largest absolute Gasteiger partial charge is 0.352 e. The molecule has 1 aromatic heterocycles. The molecule has 3 nitrogen and oxygen atoms in total. The SMILES string of the molecule is CCCC(=O)c1cc(-c2ccccc2)no1. The highest BCUT2D eigenvalue weighted by atomic mass is 16.5. The van der Waals surface area contributed by atoms with Crippen LogP contribution >= 0.6 is 0 Å². The molecule has 0 amide bonds. The second-order valence-corrected chi connectivity index (χ2v) is 3.62. The third-order valence-corrected chi connectivity index (χ3v) is 2.33. The fraction of sp³-hybridized carbons (Fsp3) is 0.231. The molecule has 82 valence electrons. The molecule has 0 aliphatic carbocycles. The molecule has 1 aromatic carbocycles. The molecule has 3 heteroatoms. The summed E-state index contributed by atoms with van der Waals surface area (Å²) in [5.41, 5.74) is 1.67. The van der Waals surface area contributed by atoms with Gasteiger partial charge in [0.1, 0.15) is 5.69 Å². The summed E-state index contributed by atoms with van der Waals surface area (Å²) in [6.45, 7) is 1.96. The molecule has 0 spiro atoms. The minimum atomic E-state index is 0.0113. The highest BCUT2D eigenvalue weighted by Gasteiger charge is 2.12. The molecular formula is C13H13NO2. The van der Waals surface area contributed by atoms with Gasteiger partial charge < -0.3 is 4.52 Å². The number of carbonyl (C=O) groups is 1. The van der Waals surface area contributed by atoms with Crippen LogP contribution in [0.25, 0.3) is 11.3 Å². The second kappa shape index (κ2) is 4.75. The van der Waals surface area contributed by atoms with Crippen molar-refractivity contribution in [3.63, 3.8) is 0 Å². The van der Waals surface area contributed by atoms with Crippen LogP contribution in [0, 0.1) is 0 Å². The van der Waals surface area contributed by atoms with Crippen molar-refractivity contribution >= 4 is 5.78 Å². The van der Waals surface area contributed by atoms with Gasteiger partial charge in [-0.1, -0.05) is 42.4 Å². The van der Waals surface area contributed by atoms with Crippen LogP contribution in [0.2, 0.25) is 0 Å². The number of rotatable bonds is 4. The first-order valence-electron chi connectivity index (χ1n) is 5.36. The topological polar surface area (TPSA) is 43.1 Å². The van der Waals surface area contributed by atoms with Gasteiger partial charge in [0.25, 0.3) is 0 Å². The lowest BCUT2D eigenvalue weighted by atomic mass is 10.1. The third kappa shape index (κ3) is 2.19. The van der Waals surface area contributed by atoms with E-state index in [1.165, 1.54) is 0 Å². The van der Waals surface area contributed by atoms with Crippen molar-refractivity contribution in [2.75, 3.05) is 0 Å². The molecule has 0 atom stereocenters. The predicted molar refractivity (Wildman–Crippen MR) is 61.2 cm³/mol. The van der Waals surface area contributed by atoms with Crippen molar-refractivity contribution in [2.45, 2.75) is 19.8 Å². The lowest BCUT2D eigenvalue weighted by Gasteiger charge is -1.91. The quantitative estimate of drug-likeness (QED) is 0.735. The summed E-state index contributed by atoms with van der Waals surface area (Å²) in [5.74, 6) is 0.359. The van der Waals surface area contributed by atoms with Crippen molar-refractivity contribution in [2.24, 2.45) is 0 Å². The van der Waals surface area contributed by atoms with E-state index in [4.69, 9.17) is 4.52 Å². The Balaban J connectivity index is 2.23. The number of Topliss-reactive ketones (excluding diaryl/α,β-unsaturated/α-hetero) is 1. The molecule has 2 aromatic rings. The number of hydrogen-bond acceptors (Lipinski definition) is 3. The lowest BCUT2D eigenvalue weighted by Crippen LogP contribution is -1.94. The van der Waals surface area contributed by atoms with Crippen LogP contribution < -0.4 is 0 Å². The zero-order valence-electron chi connectivity index (χ0n) is 9.14. The minimum absolute atomic E-state index is 0.0113. The zero-order chi connectivity index (χ0) is 11.4. The molecule has 0 radical (unpaired) electrons. The normalized spacial score (nSPS) is 10.3. The summed E-state index contributed by atoms with van der Waals surface area (Å²) in [6, 6.07) is 11.4. The fourth-order valence-corrected chi connectivity index (χ4v) is 1.50. The number of carbonyl (C=O) groups excluding carboxylic acids is 1. The van der Waals surface area contributed by atoms with Crippen LogP contribution in [-0.2, 0) is 0 Å². The summed E-state index contributed by atoms with van der Waals surface area (Å²) < 4.78 is 5.03. The Morgan fingerprint density at radius 3 is 2.75 bits per heavy atom. The highest BCUT2D eigenvalue weighted by Crippen LogP contribution is 2.19. The first-order valence-corrected chi connectivity index (χ1v) is 5.36. The van der Waals surface area contributed by atoms with Gasteiger partial charge in [0.2, 0.25) is 11.5 Å². The van der Waals surface area contributed by atoms with Crippen LogP contribution in [0.4, 0.5) is 0 Å². The summed E-state index contributed by atoms with van der Waals surface area (Å²) in [7, 11) is 0. The van der Waals surface area contributed by atoms with Gasteiger partial charge in [0.05, 0.1) is 0 Å². The van der Waals surface area contributed by atoms with E-state index in [1.54, 1.807) is 6.07 Å². The van der Waals surface area contributed by atoms with E-state index in [0.717, 1.165) is 12.0 Å². The molecule has 0 saturated heterocycles. The van der Waals surface area contributed by atoms with Crippen LogP contribution in [0.1, 0.15) is 30.3 Å². The van der Waals surface area contributed by atoms with Crippen molar-refractivity contribution in [3.8, 4) is 11.3 Å². The maximum atomic E-state index is 11.6. The van der Waals surface area contributed by atoms with E-state index in [0.29, 0.717) is 17.9 Å². The lowest BCUT2D eigenvalue weighted by molar-refractivity contribution is 0.0946. The molecule has 0 aliphatic heterocycles. The third-order valence-electron chi connectivity index (χ3n) is 2.33. The first-order chi connectivity index (χ1) is 7.81. The van der Waals surface area contributed by atoms with Gasteiger partial charge in [0, 0.05) is 18.1 Å². The molecule has 16 heavy (non-hydrogen) atoms. The Kier molecular flexibility index (Phi) is 3.15. The average molecular weight is 215 g/mol. The van der Waals surface area contributed by atoms with Gasteiger partial charge in [-0.15, -0.1) is 0 Å². The van der Waals surface area contributed by atoms with E-state index in [1.807, 2.05) is 37.3 Å². The van der Waals surface area contributed by atoms with Gasteiger partial charge in [0.15, 0.2) is 0 Å². The predicted octanol–water partition coefficient (Wildman–Crippen LogP) is 3.32. The van der Waals surface area contributed by atoms with Gasteiger partial charge in [-0.05, 0) is 6.42 Å². The van der Waals surface area contributed by atoms with E-state index in [-0.39, 0.29) is 5.78 Å². The fourth-order valence-electron chi connectivity index (χ4n) is 1.50. The number of hydrogen-bond donors (Lipinski definition) is 0. The molecule has 0 unspecified atom stereocenters. The van der Waals surface area contributed by atoms with Crippen molar-refractivity contribution in [1.82, 2.24) is 5.16 Å². The summed E-state index contributed by atoms with van der Waals surface area (Å²) in [4.78, 5) is 11.6. The number of aromatic nitrogens is 1. The van der Waals surface area contributed by atoms with Gasteiger partial charge in [-0.2, -0.15) is 0 Å². The second-order valence-electron chi connectivity index (χ2n) is 3.62. The van der Waals surface area contributed by atoms with Crippen LogP contribution in [0.3, 0.4) is 0 Å². The van der Waals surface area contributed by atoms with Crippen LogP contribution in [-0.4, -0.2) is 10.9 Å². The molecule has 0 fully saturated rings. The monoisotopic (exact) mass is 215 g/mol. The molecule has 0 saturated carbocycles. The molecule has 0 N–H and O–H groups in total. The van der Waals surface area contributed by atoms with Crippen molar-refractivity contribution < 1.29 is 9.32 Å². The number of benzene rings is 1. The molecular weight excluding hydrogens is 202 g/mol. The zero-order valence-corrected chi connectivity index (χ0v) is 9.14. The van der Waals surface area contributed by atoms with Crippen molar-refractivity contribution in [1.29, 1.82) is 0 Å².